The van der Waals surface area contributed by atoms with Crippen molar-refractivity contribution in [2.45, 2.75) is 31.7 Å². The van der Waals surface area contributed by atoms with Crippen LogP contribution in [0.5, 0.6) is 0 Å². The number of hydrazone groups is 1. The highest BCUT2D eigenvalue weighted by atomic mass is 19.1. The van der Waals surface area contributed by atoms with Crippen LogP contribution in [-0.2, 0) is 4.79 Å². The van der Waals surface area contributed by atoms with E-state index in [2.05, 4.69) is 20.4 Å². The van der Waals surface area contributed by atoms with E-state index in [1.165, 1.54) is 17.1 Å². The summed E-state index contributed by atoms with van der Waals surface area (Å²) in [5.74, 6) is -2.37. The fraction of sp³-hybridized carbons (Fsp3) is 0.435. The van der Waals surface area contributed by atoms with Gasteiger partial charge < -0.3 is 15.1 Å². The van der Waals surface area contributed by atoms with Crippen LogP contribution in [0.4, 0.5) is 29.7 Å². The van der Waals surface area contributed by atoms with Gasteiger partial charge in [-0.05, 0) is 30.5 Å². The van der Waals surface area contributed by atoms with Crippen molar-refractivity contribution in [3.63, 3.8) is 0 Å². The average molecular weight is 487 g/mol. The summed E-state index contributed by atoms with van der Waals surface area (Å²) in [5, 5.41) is 7.93. The van der Waals surface area contributed by atoms with Gasteiger partial charge in [0.25, 0.3) is 0 Å². The number of carbonyl (C=O) groups is 2. The molecule has 184 valence electrons. The van der Waals surface area contributed by atoms with E-state index in [-0.39, 0.29) is 29.6 Å². The molecule has 0 bridgehead atoms. The Hall–Kier alpha value is -3.70. The van der Waals surface area contributed by atoms with Crippen molar-refractivity contribution in [3.8, 4) is 0 Å². The second-order valence-electron chi connectivity index (χ2n) is 8.84. The molecule has 3 aliphatic rings. The van der Waals surface area contributed by atoms with Crippen LogP contribution in [0, 0.1) is 23.4 Å². The molecule has 1 saturated heterocycles. The monoisotopic (exact) mass is 487 g/mol. The molecule has 12 heteroatoms. The van der Waals surface area contributed by atoms with Crippen molar-refractivity contribution in [2.24, 2.45) is 11.0 Å². The zero-order valence-corrected chi connectivity index (χ0v) is 18.8. The summed E-state index contributed by atoms with van der Waals surface area (Å²) in [7, 11) is 0. The lowest BCUT2D eigenvalue weighted by Crippen LogP contribution is -2.52. The zero-order chi connectivity index (χ0) is 24.5. The van der Waals surface area contributed by atoms with Gasteiger partial charge in [-0.25, -0.2) is 28.0 Å². The third kappa shape index (κ3) is 4.77. The molecule has 2 aliphatic heterocycles. The summed E-state index contributed by atoms with van der Waals surface area (Å²) in [5.41, 5.74) is 0.336. The molecule has 3 heterocycles. The second kappa shape index (κ2) is 9.51. The first kappa shape index (κ1) is 23.1. The number of aromatic nitrogens is 2. The number of carbonyl (C=O) groups excluding carboxylic acids is 2. The number of nitrogens with one attached hydrogen (secondary N) is 1. The molecule has 1 N–H and O–H groups in total. The number of rotatable bonds is 4. The van der Waals surface area contributed by atoms with E-state index < -0.39 is 23.5 Å². The highest BCUT2D eigenvalue weighted by Crippen LogP contribution is 2.31. The maximum absolute atomic E-state index is 14.2. The van der Waals surface area contributed by atoms with Gasteiger partial charge in [-0.15, -0.1) is 0 Å². The number of amides is 3. The van der Waals surface area contributed by atoms with E-state index in [1.54, 1.807) is 16.0 Å². The van der Waals surface area contributed by atoms with Crippen molar-refractivity contribution < 1.29 is 22.8 Å². The Kier molecular flexibility index (Phi) is 6.27. The number of anilines is 2. The molecule has 0 radical (unpaired) electrons. The summed E-state index contributed by atoms with van der Waals surface area (Å²) in [6.07, 6.45) is 5.49. The van der Waals surface area contributed by atoms with Crippen LogP contribution in [0.1, 0.15) is 37.3 Å². The lowest BCUT2D eigenvalue weighted by molar-refractivity contribution is -0.122. The molecule has 35 heavy (non-hydrogen) atoms. The predicted molar refractivity (Wildman–Crippen MR) is 121 cm³/mol. The standard InChI is InChI=1S/C23H24F3N7O2/c24-16-10-15(11-17(25)12-16)19-4-5-28-33(19)23(35)32-8-6-31(7-9-32)22-27-13-18(26)20(30-22)29-21(34)14-2-1-3-14/h5,10-14,19H,1-4,6-9H2,(H,27,29,30,34). The fourth-order valence-corrected chi connectivity index (χ4v) is 4.37. The van der Waals surface area contributed by atoms with Crippen molar-refractivity contribution in [1.82, 2.24) is 19.9 Å². The molecule has 1 atom stereocenters. The lowest BCUT2D eigenvalue weighted by Gasteiger charge is -2.37. The molecule has 2 aromatic rings. The molecule has 1 aromatic carbocycles. The van der Waals surface area contributed by atoms with Crippen molar-refractivity contribution in [3.05, 3.63) is 47.4 Å². The van der Waals surface area contributed by atoms with Crippen LogP contribution in [-0.4, -0.2) is 64.2 Å². The van der Waals surface area contributed by atoms with E-state index in [1.807, 2.05) is 0 Å². The van der Waals surface area contributed by atoms with Gasteiger partial charge in [0, 0.05) is 50.8 Å². The molecule has 0 spiro atoms. The predicted octanol–water partition coefficient (Wildman–Crippen LogP) is 3.31. The minimum absolute atomic E-state index is 0.108. The first-order valence-corrected chi connectivity index (χ1v) is 11.5. The molecule has 5 rings (SSSR count). The number of benzene rings is 1. The van der Waals surface area contributed by atoms with Gasteiger partial charge in [0.2, 0.25) is 11.9 Å². The van der Waals surface area contributed by atoms with Crippen LogP contribution in [0.15, 0.2) is 29.5 Å². The first-order chi connectivity index (χ1) is 16.9. The molecule has 9 nitrogen and oxygen atoms in total. The highest BCUT2D eigenvalue weighted by Gasteiger charge is 2.34. The maximum atomic E-state index is 14.2. The van der Waals surface area contributed by atoms with E-state index in [4.69, 9.17) is 0 Å². The van der Waals surface area contributed by atoms with E-state index in [9.17, 15) is 22.8 Å². The van der Waals surface area contributed by atoms with Gasteiger partial charge in [-0.2, -0.15) is 10.1 Å². The van der Waals surface area contributed by atoms with E-state index >= 15 is 0 Å². The van der Waals surface area contributed by atoms with Gasteiger partial charge in [0.05, 0.1) is 12.2 Å². The smallest absolute Gasteiger partial charge is 0.337 e. The molecule has 2 fully saturated rings. The van der Waals surface area contributed by atoms with Crippen molar-refractivity contribution in [1.29, 1.82) is 0 Å². The third-order valence-corrected chi connectivity index (χ3v) is 6.58. The Morgan fingerprint density at radius 1 is 1.00 bits per heavy atom. The van der Waals surface area contributed by atoms with Crippen LogP contribution in [0.2, 0.25) is 0 Å². The fourth-order valence-electron chi connectivity index (χ4n) is 4.37. The highest BCUT2D eigenvalue weighted by molar-refractivity contribution is 5.92. The van der Waals surface area contributed by atoms with Gasteiger partial charge >= 0.3 is 6.03 Å². The number of nitrogens with zero attached hydrogens (tertiary/aromatic N) is 6. The maximum Gasteiger partial charge on any atom is 0.341 e. The molecule has 1 aromatic heterocycles. The zero-order valence-electron chi connectivity index (χ0n) is 18.8. The molecule has 3 amide bonds. The van der Waals surface area contributed by atoms with Crippen molar-refractivity contribution >= 4 is 29.9 Å². The van der Waals surface area contributed by atoms with Crippen LogP contribution >= 0.6 is 0 Å². The van der Waals surface area contributed by atoms with Gasteiger partial charge in [0.15, 0.2) is 11.6 Å². The molecule has 1 saturated carbocycles. The largest absolute Gasteiger partial charge is 0.341 e. The topological polar surface area (TPSA) is 94.0 Å². The minimum atomic E-state index is -0.713. The third-order valence-electron chi connectivity index (χ3n) is 6.58. The molecule has 1 unspecified atom stereocenters. The quantitative estimate of drug-likeness (QED) is 0.714. The van der Waals surface area contributed by atoms with Crippen LogP contribution in [0.3, 0.4) is 0 Å². The van der Waals surface area contributed by atoms with Crippen molar-refractivity contribution in [2.75, 3.05) is 36.4 Å². The van der Waals surface area contributed by atoms with Gasteiger partial charge in [-0.3, -0.25) is 4.79 Å². The average Bonchev–Trinajstić information content (AvgIpc) is 3.28. The number of urea groups is 1. The Morgan fingerprint density at radius 2 is 1.71 bits per heavy atom. The SMILES string of the molecule is O=C(Nc1nc(N2CCN(C(=O)N3N=CCC3c3cc(F)cc(F)c3)CC2)ncc1F)C1CCC1. The summed E-state index contributed by atoms with van der Waals surface area (Å²) >= 11 is 0. The number of hydrogen-bond donors (Lipinski definition) is 1. The number of piperazine rings is 1. The van der Waals surface area contributed by atoms with E-state index in [0.717, 1.165) is 31.5 Å². The first-order valence-electron chi connectivity index (χ1n) is 11.5. The summed E-state index contributed by atoms with van der Waals surface area (Å²) in [6, 6.07) is 2.23. The normalized spacial score (nSPS) is 20.2. The number of halogens is 3. The lowest BCUT2D eigenvalue weighted by atomic mass is 9.85. The number of hydrogen-bond acceptors (Lipinski definition) is 6. The Morgan fingerprint density at radius 3 is 2.37 bits per heavy atom. The molecule has 1 aliphatic carbocycles. The Labute approximate surface area is 199 Å². The van der Waals surface area contributed by atoms with Crippen LogP contribution in [0.25, 0.3) is 0 Å². The minimum Gasteiger partial charge on any atom is -0.337 e. The van der Waals surface area contributed by atoms with E-state index in [0.29, 0.717) is 38.2 Å². The summed E-state index contributed by atoms with van der Waals surface area (Å²) in [4.78, 5) is 36.9. The second-order valence-corrected chi connectivity index (χ2v) is 8.84. The summed E-state index contributed by atoms with van der Waals surface area (Å²) in [6.45, 7) is 1.40. The molecular weight excluding hydrogens is 463 g/mol. The van der Waals surface area contributed by atoms with Gasteiger partial charge in [-0.1, -0.05) is 6.42 Å². The van der Waals surface area contributed by atoms with Gasteiger partial charge in [0.1, 0.15) is 11.6 Å². The Bertz CT molecular complexity index is 1150. The van der Waals surface area contributed by atoms with Crippen LogP contribution < -0.4 is 10.2 Å². The molecular formula is C23H24F3N7O2. The summed E-state index contributed by atoms with van der Waals surface area (Å²) < 4.78 is 41.6. The Balaban J connectivity index is 1.22.